The second kappa shape index (κ2) is 4.62. The molecule has 1 fully saturated rings. The van der Waals surface area contributed by atoms with Gasteiger partial charge in [-0.2, -0.15) is 4.39 Å². The number of carbonyl (C=O) groups excluding carboxylic acids is 1. The number of primary amides is 1. The summed E-state index contributed by atoms with van der Waals surface area (Å²) >= 11 is 0. The second-order valence-corrected chi connectivity index (χ2v) is 4.12. The lowest BCUT2D eigenvalue weighted by Crippen LogP contribution is -2.38. The number of anilines is 1. The molecular formula is C10H13FN4O2. The summed E-state index contributed by atoms with van der Waals surface area (Å²) in [5.41, 5.74) is 4.89. The molecule has 6 nitrogen and oxygen atoms in total. The molecule has 0 spiro atoms. The third-order valence-electron chi connectivity index (χ3n) is 2.81. The van der Waals surface area contributed by atoms with Crippen molar-refractivity contribution in [2.75, 3.05) is 11.9 Å². The summed E-state index contributed by atoms with van der Waals surface area (Å²) in [6.07, 6.45) is 2.50. The minimum Gasteiger partial charge on any atom is -0.396 e. The van der Waals surface area contributed by atoms with Crippen molar-refractivity contribution in [1.82, 2.24) is 9.97 Å². The van der Waals surface area contributed by atoms with Gasteiger partial charge in [-0.05, 0) is 18.8 Å². The van der Waals surface area contributed by atoms with E-state index in [2.05, 4.69) is 15.3 Å². The monoisotopic (exact) mass is 240 g/mol. The van der Waals surface area contributed by atoms with Crippen LogP contribution < -0.4 is 11.1 Å². The molecule has 1 aromatic heterocycles. The van der Waals surface area contributed by atoms with Gasteiger partial charge in [0.2, 0.25) is 5.95 Å². The standard InChI is InChI=1S/C10H13FN4O2/c11-7-3-13-10(8(15-7)9(12)17)14-6-1-5(2-6)4-16/h3,5-6,16H,1-2,4H2,(H2,12,17)(H,13,14). The normalized spacial score (nSPS) is 22.9. The molecule has 4 N–H and O–H groups in total. The van der Waals surface area contributed by atoms with E-state index in [0.29, 0.717) is 0 Å². The van der Waals surface area contributed by atoms with Gasteiger partial charge in [-0.15, -0.1) is 0 Å². The lowest BCUT2D eigenvalue weighted by Gasteiger charge is -2.35. The zero-order chi connectivity index (χ0) is 12.4. The van der Waals surface area contributed by atoms with Gasteiger partial charge in [0.25, 0.3) is 5.91 Å². The van der Waals surface area contributed by atoms with Gasteiger partial charge in [0.05, 0.1) is 6.20 Å². The van der Waals surface area contributed by atoms with Crippen LogP contribution >= 0.6 is 0 Å². The van der Waals surface area contributed by atoms with Gasteiger partial charge in [0.1, 0.15) is 0 Å². The lowest BCUT2D eigenvalue weighted by molar-refractivity contribution is 0.0994. The molecule has 1 heterocycles. The summed E-state index contributed by atoms with van der Waals surface area (Å²) in [5.74, 6) is -1.19. The maximum Gasteiger partial charge on any atom is 0.271 e. The maximum absolute atomic E-state index is 12.8. The van der Waals surface area contributed by atoms with Crippen LogP contribution in [0.1, 0.15) is 23.3 Å². The molecule has 0 bridgehead atoms. The summed E-state index contributed by atoms with van der Waals surface area (Å²) in [4.78, 5) is 18.2. The Morgan fingerprint density at radius 2 is 2.35 bits per heavy atom. The molecule has 0 radical (unpaired) electrons. The fraction of sp³-hybridized carbons (Fsp3) is 0.500. The highest BCUT2D eigenvalue weighted by Crippen LogP contribution is 2.29. The van der Waals surface area contributed by atoms with E-state index >= 15 is 0 Å². The molecule has 17 heavy (non-hydrogen) atoms. The highest BCUT2D eigenvalue weighted by Gasteiger charge is 2.29. The van der Waals surface area contributed by atoms with Crippen LogP contribution in [0.4, 0.5) is 10.2 Å². The Morgan fingerprint density at radius 1 is 1.65 bits per heavy atom. The molecule has 0 aliphatic heterocycles. The lowest BCUT2D eigenvalue weighted by atomic mass is 9.81. The first-order chi connectivity index (χ1) is 8.10. The smallest absolute Gasteiger partial charge is 0.271 e. The van der Waals surface area contributed by atoms with Crippen LogP contribution in [-0.4, -0.2) is 33.6 Å². The quantitative estimate of drug-likeness (QED) is 0.682. The number of nitrogens with zero attached hydrogens (tertiary/aromatic N) is 2. The number of rotatable bonds is 4. The van der Waals surface area contributed by atoms with Crippen LogP contribution in [0.5, 0.6) is 0 Å². The Labute approximate surface area is 97.1 Å². The predicted octanol–water partition coefficient (Wildman–Crippen LogP) is -0.103. The fourth-order valence-electron chi connectivity index (χ4n) is 1.84. The first-order valence-corrected chi connectivity index (χ1v) is 5.30. The van der Waals surface area contributed by atoms with Crippen molar-refractivity contribution in [1.29, 1.82) is 0 Å². The van der Waals surface area contributed by atoms with Gasteiger partial charge in [-0.25, -0.2) is 9.97 Å². The molecule has 92 valence electrons. The van der Waals surface area contributed by atoms with E-state index in [9.17, 15) is 9.18 Å². The van der Waals surface area contributed by atoms with Crippen LogP contribution in [0.2, 0.25) is 0 Å². The number of aliphatic hydroxyl groups is 1. The SMILES string of the molecule is NC(=O)c1nc(F)cnc1NC1CC(CO)C1. The predicted molar refractivity (Wildman–Crippen MR) is 57.7 cm³/mol. The summed E-state index contributed by atoms with van der Waals surface area (Å²) in [6.45, 7) is 0.149. The van der Waals surface area contributed by atoms with Crippen molar-refractivity contribution in [2.45, 2.75) is 18.9 Å². The van der Waals surface area contributed by atoms with E-state index < -0.39 is 11.9 Å². The second-order valence-electron chi connectivity index (χ2n) is 4.12. The van der Waals surface area contributed by atoms with Gasteiger partial charge in [-0.3, -0.25) is 4.79 Å². The zero-order valence-electron chi connectivity index (χ0n) is 9.06. The first-order valence-electron chi connectivity index (χ1n) is 5.30. The first kappa shape index (κ1) is 11.7. The molecule has 1 aromatic rings. The molecule has 1 aliphatic rings. The number of nitrogens with one attached hydrogen (secondary N) is 1. The molecular weight excluding hydrogens is 227 g/mol. The third-order valence-corrected chi connectivity index (χ3v) is 2.81. The minimum atomic E-state index is -0.841. The number of carbonyl (C=O) groups is 1. The average Bonchev–Trinajstić information content (AvgIpc) is 2.24. The van der Waals surface area contributed by atoms with Gasteiger partial charge in [0.15, 0.2) is 11.5 Å². The molecule has 0 aromatic carbocycles. The molecule has 1 aliphatic carbocycles. The van der Waals surface area contributed by atoms with Crippen molar-refractivity contribution in [3.63, 3.8) is 0 Å². The van der Waals surface area contributed by atoms with Gasteiger partial charge in [0, 0.05) is 12.6 Å². The van der Waals surface area contributed by atoms with Crippen molar-refractivity contribution in [2.24, 2.45) is 11.7 Å². The maximum atomic E-state index is 12.8. The molecule has 0 saturated heterocycles. The van der Waals surface area contributed by atoms with Gasteiger partial charge >= 0.3 is 0 Å². The Morgan fingerprint density at radius 3 is 2.94 bits per heavy atom. The number of amides is 1. The number of nitrogens with two attached hydrogens (primary N) is 1. The third kappa shape index (κ3) is 2.50. The Balaban J connectivity index is 2.08. The average molecular weight is 240 g/mol. The number of aliphatic hydroxyl groups excluding tert-OH is 1. The summed E-state index contributed by atoms with van der Waals surface area (Å²) in [7, 11) is 0. The van der Waals surface area contributed by atoms with Crippen molar-refractivity contribution >= 4 is 11.7 Å². The zero-order valence-corrected chi connectivity index (χ0v) is 9.06. The van der Waals surface area contributed by atoms with E-state index in [1.807, 2.05) is 0 Å². The number of aromatic nitrogens is 2. The molecule has 2 rings (SSSR count). The number of hydrogen-bond acceptors (Lipinski definition) is 5. The van der Waals surface area contributed by atoms with E-state index in [-0.39, 0.29) is 30.1 Å². The van der Waals surface area contributed by atoms with Crippen LogP contribution in [0, 0.1) is 11.9 Å². The largest absolute Gasteiger partial charge is 0.396 e. The molecule has 1 saturated carbocycles. The highest BCUT2D eigenvalue weighted by atomic mass is 19.1. The van der Waals surface area contributed by atoms with Crippen LogP contribution in [-0.2, 0) is 0 Å². The topological polar surface area (TPSA) is 101 Å². The van der Waals surface area contributed by atoms with Crippen molar-refractivity contribution < 1.29 is 14.3 Å². The number of halogens is 1. The highest BCUT2D eigenvalue weighted by molar-refractivity contribution is 5.95. The van der Waals surface area contributed by atoms with E-state index in [0.717, 1.165) is 19.0 Å². The van der Waals surface area contributed by atoms with Gasteiger partial charge < -0.3 is 16.2 Å². The summed E-state index contributed by atoms with van der Waals surface area (Å²) < 4.78 is 12.8. The van der Waals surface area contributed by atoms with Crippen LogP contribution in [0.15, 0.2) is 6.20 Å². The van der Waals surface area contributed by atoms with E-state index in [4.69, 9.17) is 10.8 Å². The molecule has 1 amide bonds. The van der Waals surface area contributed by atoms with Gasteiger partial charge in [-0.1, -0.05) is 0 Å². The number of hydrogen-bond donors (Lipinski definition) is 3. The Kier molecular flexibility index (Phi) is 3.19. The Bertz CT molecular complexity index is 434. The van der Waals surface area contributed by atoms with Crippen LogP contribution in [0.25, 0.3) is 0 Å². The van der Waals surface area contributed by atoms with E-state index in [1.54, 1.807) is 0 Å². The molecule has 0 unspecified atom stereocenters. The minimum absolute atomic E-state index is 0.116. The summed E-state index contributed by atoms with van der Waals surface area (Å²) in [5, 5.41) is 11.8. The van der Waals surface area contributed by atoms with E-state index in [1.165, 1.54) is 0 Å². The van der Waals surface area contributed by atoms with Crippen LogP contribution in [0.3, 0.4) is 0 Å². The fourth-order valence-corrected chi connectivity index (χ4v) is 1.84. The van der Waals surface area contributed by atoms with Crippen molar-refractivity contribution in [3.05, 3.63) is 17.8 Å². The molecule has 7 heteroatoms. The van der Waals surface area contributed by atoms with Crippen molar-refractivity contribution in [3.8, 4) is 0 Å². The summed E-state index contributed by atoms with van der Waals surface area (Å²) in [6, 6.07) is 0.116. The Hall–Kier alpha value is -1.76. The molecule has 0 atom stereocenters.